The average molecular weight is 289 g/mol. The van der Waals surface area contributed by atoms with Crippen LogP contribution in [0.15, 0.2) is 18.2 Å². The summed E-state index contributed by atoms with van der Waals surface area (Å²) in [6.07, 6.45) is 0. The van der Waals surface area contributed by atoms with Gasteiger partial charge < -0.3 is 11.1 Å². The summed E-state index contributed by atoms with van der Waals surface area (Å²) in [6, 6.07) is 3.69. The van der Waals surface area contributed by atoms with E-state index in [0.717, 1.165) is 6.07 Å². The summed E-state index contributed by atoms with van der Waals surface area (Å²) < 4.78 is 13.3. The summed E-state index contributed by atoms with van der Waals surface area (Å²) in [5.74, 6) is -1.90. The molecule has 0 saturated carbocycles. The van der Waals surface area contributed by atoms with Crippen molar-refractivity contribution in [3.63, 3.8) is 0 Å². The van der Waals surface area contributed by atoms with Gasteiger partial charge in [-0.1, -0.05) is 15.9 Å². The van der Waals surface area contributed by atoms with E-state index in [2.05, 4.69) is 21.2 Å². The number of halogens is 2. The predicted molar refractivity (Wildman–Crippen MR) is 61.9 cm³/mol. The molecule has 2 amide bonds. The van der Waals surface area contributed by atoms with E-state index in [0.29, 0.717) is 0 Å². The van der Waals surface area contributed by atoms with Crippen LogP contribution in [-0.2, 0) is 4.79 Å². The molecule has 0 fully saturated rings. The van der Waals surface area contributed by atoms with Gasteiger partial charge in [0.15, 0.2) is 0 Å². The van der Waals surface area contributed by atoms with Gasteiger partial charge in [-0.15, -0.1) is 0 Å². The molecular weight excluding hydrogens is 279 g/mol. The topological polar surface area (TPSA) is 72.2 Å². The van der Waals surface area contributed by atoms with Crippen LogP contribution in [0.3, 0.4) is 0 Å². The Bertz CT molecular complexity index is 435. The normalized spacial score (nSPS) is 11.9. The minimum absolute atomic E-state index is 0.204. The summed E-state index contributed by atoms with van der Waals surface area (Å²) >= 11 is 3.07. The highest BCUT2D eigenvalue weighted by Gasteiger charge is 2.12. The predicted octanol–water partition coefficient (Wildman–Crippen LogP) is 1.65. The molecule has 0 aromatic heterocycles. The molecule has 1 aromatic carbocycles. The second-order valence-corrected chi connectivity index (χ2v) is 4.54. The number of benzene rings is 1. The van der Waals surface area contributed by atoms with Crippen LogP contribution in [0.25, 0.3) is 0 Å². The van der Waals surface area contributed by atoms with Gasteiger partial charge >= 0.3 is 0 Å². The van der Waals surface area contributed by atoms with E-state index in [1.165, 1.54) is 12.1 Å². The number of nitrogens with two attached hydrogens (primary N) is 1. The van der Waals surface area contributed by atoms with E-state index >= 15 is 0 Å². The van der Waals surface area contributed by atoms with Crippen LogP contribution in [-0.4, -0.2) is 16.6 Å². The lowest BCUT2D eigenvalue weighted by atomic mass is 10.2. The van der Waals surface area contributed by atoms with E-state index < -0.39 is 11.7 Å². The van der Waals surface area contributed by atoms with Crippen LogP contribution in [0.5, 0.6) is 0 Å². The molecule has 0 heterocycles. The van der Waals surface area contributed by atoms with Gasteiger partial charge in [0.25, 0.3) is 5.91 Å². The van der Waals surface area contributed by atoms with Crippen LogP contribution in [0.1, 0.15) is 17.3 Å². The number of hydrogen-bond donors (Lipinski definition) is 2. The molecule has 1 unspecified atom stereocenters. The zero-order valence-electron chi connectivity index (χ0n) is 8.46. The molecule has 3 N–H and O–H groups in total. The lowest BCUT2D eigenvalue weighted by molar-refractivity contribution is -0.115. The number of rotatable bonds is 3. The standard InChI is InChI=1S/C10H10BrFN2O2/c1-5(11)10(16)14-6-2-3-7(9(13)15)8(12)4-6/h2-5H,1H3,(H2,13,15)(H,14,16). The Kier molecular flexibility index (Phi) is 4.00. The second kappa shape index (κ2) is 5.07. The first-order valence-corrected chi connectivity index (χ1v) is 5.37. The summed E-state index contributed by atoms with van der Waals surface area (Å²) in [5.41, 5.74) is 5.01. The van der Waals surface area contributed by atoms with Crippen molar-refractivity contribution in [3.8, 4) is 0 Å². The Hall–Kier alpha value is -1.43. The third kappa shape index (κ3) is 3.03. The van der Waals surface area contributed by atoms with Gasteiger partial charge in [0, 0.05) is 5.69 Å². The molecule has 0 aliphatic rings. The maximum absolute atomic E-state index is 13.3. The molecule has 0 bridgehead atoms. The molecule has 4 nitrogen and oxygen atoms in total. The Morgan fingerprint density at radius 1 is 1.50 bits per heavy atom. The highest BCUT2D eigenvalue weighted by molar-refractivity contribution is 9.10. The molecule has 0 saturated heterocycles. The molecule has 6 heteroatoms. The van der Waals surface area contributed by atoms with Gasteiger partial charge in [-0.05, 0) is 25.1 Å². The first-order chi connectivity index (χ1) is 7.41. The summed E-state index contributed by atoms with van der Waals surface area (Å²) in [7, 11) is 0. The van der Waals surface area contributed by atoms with Crippen LogP contribution in [0.4, 0.5) is 10.1 Å². The first kappa shape index (κ1) is 12.6. The van der Waals surface area contributed by atoms with E-state index in [9.17, 15) is 14.0 Å². The average Bonchev–Trinajstić information content (AvgIpc) is 2.16. The fourth-order valence-corrected chi connectivity index (χ4v) is 1.15. The van der Waals surface area contributed by atoms with E-state index in [1.54, 1.807) is 6.92 Å². The number of hydrogen-bond acceptors (Lipinski definition) is 2. The first-order valence-electron chi connectivity index (χ1n) is 4.46. The third-order valence-corrected chi connectivity index (χ3v) is 2.28. The lowest BCUT2D eigenvalue weighted by Gasteiger charge is -2.07. The minimum atomic E-state index is -0.843. The zero-order valence-corrected chi connectivity index (χ0v) is 10.0. The fourth-order valence-electron chi connectivity index (χ4n) is 1.03. The summed E-state index contributed by atoms with van der Waals surface area (Å²) in [5, 5.41) is 2.47. The largest absolute Gasteiger partial charge is 0.366 e. The summed E-state index contributed by atoms with van der Waals surface area (Å²) in [6.45, 7) is 1.64. The molecule has 1 atom stereocenters. The van der Waals surface area contributed by atoms with E-state index in [-0.39, 0.29) is 22.0 Å². The van der Waals surface area contributed by atoms with Crippen molar-refractivity contribution in [2.45, 2.75) is 11.8 Å². The molecular formula is C10H10BrFN2O2. The number of anilines is 1. The number of carbonyl (C=O) groups excluding carboxylic acids is 2. The highest BCUT2D eigenvalue weighted by atomic mass is 79.9. The number of alkyl halides is 1. The van der Waals surface area contributed by atoms with Gasteiger partial charge in [0.1, 0.15) is 5.82 Å². The Labute approximate surface area is 100 Å². The van der Waals surface area contributed by atoms with Crippen LogP contribution in [0, 0.1) is 5.82 Å². The van der Waals surface area contributed by atoms with Crippen molar-refractivity contribution in [2.75, 3.05) is 5.32 Å². The summed E-state index contributed by atoms with van der Waals surface area (Å²) in [4.78, 5) is 21.6. The van der Waals surface area contributed by atoms with Crippen molar-refractivity contribution in [1.82, 2.24) is 0 Å². The number of nitrogens with one attached hydrogen (secondary N) is 1. The Balaban J connectivity index is 2.90. The quantitative estimate of drug-likeness (QED) is 0.830. The second-order valence-electron chi connectivity index (χ2n) is 3.16. The van der Waals surface area contributed by atoms with Crippen LogP contribution < -0.4 is 11.1 Å². The molecule has 0 spiro atoms. The maximum atomic E-state index is 13.3. The number of amides is 2. The van der Waals surface area contributed by atoms with Crippen LogP contribution >= 0.6 is 15.9 Å². The van der Waals surface area contributed by atoms with E-state index in [4.69, 9.17) is 5.73 Å². The SMILES string of the molecule is CC(Br)C(=O)Nc1ccc(C(N)=O)c(F)c1. The van der Waals surface area contributed by atoms with Crippen molar-refractivity contribution < 1.29 is 14.0 Å². The highest BCUT2D eigenvalue weighted by Crippen LogP contribution is 2.15. The van der Waals surface area contributed by atoms with Gasteiger partial charge in [-0.3, -0.25) is 9.59 Å². The molecule has 16 heavy (non-hydrogen) atoms. The van der Waals surface area contributed by atoms with Crippen molar-refractivity contribution in [3.05, 3.63) is 29.6 Å². The third-order valence-electron chi connectivity index (χ3n) is 1.86. The smallest absolute Gasteiger partial charge is 0.251 e. The van der Waals surface area contributed by atoms with Crippen LogP contribution in [0.2, 0.25) is 0 Å². The maximum Gasteiger partial charge on any atom is 0.251 e. The minimum Gasteiger partial charge on any atom is -0.366 e. The monoisotopic (exact) mass is 288 g/mol. The van der Waals surface area contributed by atoms with E-state index in [1.807, 2.05) is 0 Å². The number of carbonyl (C=O) groups is 2. The Morgan fingerprint density at radius 3 is 2.56 bits per heavy atom. The van der Waals surface area contributed by atoms with Gasteiger partial charge in [-0.2, -0.15) is 0 Å². The van der Waals surface area contributed by atoms with Gasteiger partial charge in [0.2, 0.25) is 5.91 Å². The van der Waals surface area contributed by atoms with Crippen molar-refractivity contribution in [2.24, 2.45) is 5.73 Å². The van der Waals surface area contributed by atoms with Gasteiger partial charge in [-0.25, -0.2) is 4.39 Å². The Morgan fingerprint density at radius 2 is 2.12 bits per heavy atom. The van der Waals surface area contributed by atoms with Crippen molar-refractivity contribution in [1.29, 1.82) is 0 Å². The zero-order chi connectivity index (χ0) is 12.3. The fraction of sp³-hybridized carbons (Fsp3) is 0.200. The molecule has 86 valence electrons. The molecule has 0 aliphatic heterocycles. The molecule has 1 aromatic rings. The molecule has 0 radical (unpaired) electrons. The molecule has 1 rings (SSSR count). The van der Waals surface area contributed by atoms with Crippen molar-refractivity contribution >= 4 is 33.4 Å². The molecule has 0 aliphatic carbocycles. The number of primary amides is 1. The van der Waals surface area contributed by atoms with Gasteiger partial charge in [0.05, 0.1) is 10.4 Å². The lowest BCUT2D eigenvalue weighted by Crippen LogP contribution is -2.20.